The van der Waals surface area contributed by atoms with E-state index in [0.717, 1.165) is 5.56 Å². The molecule has 1 aromatic rings. The number of alkyl carbamates (subject to hydrolysis) is 1. The Morgan fingerprint density at radius 1 is 1.12 bits per heavy atom. The number of ether oxygens (including phenoxy) is 3. The lowest BCUT2D eigenvalue weighted by Gasteiger charge is -2.23. The van der Waals surface area contributed by atoms with Crippen molar-refractivity contribution >= 4 is 12.0 Å². The Bertz CT molecular complexity index is 581. The Labute approximate surface area is 142 Å². The average Bonchev–Trinajstić information content (AvgIpc) is 2.51. The summed E-state index contributed by atoms with van der Waals surface area (Å²) in [6.07, 6.45) is -0.351. The molecule has 0 radical (unpaired) electrons. The second-order valence-corrected chi connectivity index (χ2v) is 6.21. The zero-order valence-corrected chi connectivity index (χ0v) is 15.1. The summed E-state index contributed by atoms with van der Waals surface area (Å²) in [5.74, 6) is 0.844. The van der Waals surface area contributed by atoms with Crippen LogP contribution in [0.2, 0.25) is 0 Å². The molecule has 0 aromatic heterocycles. The van der Waals surface area contributed by atoms with E-state index < -0.39 is 17.7 Å². The van der Waals surface area contributed by atoms with Gasteiger partial charge in [-0.05, 0) is 38.5 Å². The van der Waals surface area contributed by atoms with Gasteiger partial charge in [0.2, 0.25) is 5.91 Å². The first-order valence-corrected chi connectivity index (χ1v) is 7.62. The van der Waals surface area contributed by atoms with E-state index >= 15 is 0 Å². The van der Waals surface area contributed by atoms with E-state index in [1.54, 1.807) is 40.0 Å². The van der Waals surface area contributed by atoms with E-state index in [1.807, 2.05) is 6.07 Å². The number of methoxy groups -OCH3 is 2. The van der Waals surface area contributed by atoms with Crippen LogP contribution in [0.5, 0.6) is 11.5 Å². The topological polar surface area (TPSA) is 85.9 Å². The molecule has 134 valence electrons. The van der Waals surface area contributed by atoms with Gasteiger partial charge in [0.15, 0.2) is 11.5 Å². The first-order chi connectivity index (χ1) is 11.2. The Balaban J connectivity index is 2.90. The molecule has 2 amide bonds. The van der Waals surface area contributed by atoms with Crippen molar-refractivity contribution in [2.75, 3.05) is 21.3 Å². The standard InChI is InChI=1S/C17H26N2O5/c1-17(2,3)24-16(21)19-12(15(20)18-4)9-11-7-8-13(22-5)14(10-11)23-6/h7-8,10,12H,9H2,1-6H3,(H,18,20)(H,19,21)/t12-/m0/s1. The van der Waals surface area contributed by atoms with E-state index in [-0.39, 0.29) is 5.91 Å². The van der Waals surface area contributed by atoms with Crippen molar-refractivity contribution < 1.29 is 23.8 Å². The van der Waals surface area contributed by atoms with Gasteiger partial charge in [0.25, 0.3) is 0 Å². The van der Waals surface area contributed by atoms with Crippen molar-refractivity contribution in [1.29, 1.82) is 0 Å². The maximum absolute atomic E-state index is 12.1. The quantitative estimate of drug-likeness (QED) is 0.827. The van der Waals surface area contributed by atoms with Crippen LogP contribution in [0, 0.1) is 0 Å². The van der Waals surface area contributed by atoms with Gasteiger partial charge in [-0.2, -0.15) is 0 Å². The molecule has 0 fully saturated rings. The molecule has 0 aliphatic carbocycles. The lowest BCUT2D eigenvalue weighted by atomic mass is 10.0. The Morgan fingerprint density at radius 2 is 1.75 bits per heavy atom. The minimum absolute atomic E-state index is 0.291. The van der Waals surface area contributed by atoms with Gasteiger partial charge < -0.3 is 24.8 Å². The first kappa shape index (κ1) is 19.6. The van der Waals surface area contributed by atoms with Crippen LogP contribution in [-0.2, 0) is 16.0 Å². The van der Waals surface area contributed by atoms with Gasteiger partial charge in [0, 0.05) is 13.5 Å². The van der Waals surface area contributed by atoms with Crippen LogP contribution in [-0.4, -0.2) is 44.9 Å². The van der Waals surface area contributed by atoms with Crippen LogP contribution in [0.25, 0.3) is 0 Å². The highest BCUT2D eigenvalue weighted by atomic mass is 16.6. The number of hydrogen-bond donors (Lipinski definition) is 2. The monoisotopic (exact) mass is 338 g/mol. The summed E-state index contributed by atoms with van der Waals surface area (Å²) in [6.45, 7) is 5.28. The summed E-state index contributed by atoms with van der Waals surface area (Å²) in [5.41, 5.74) is 0.179. The fourth-order valence-corrected chi connectivity index (χ4v) is 2.08. The van der Waals surface area contributed by atoms with E-state index in [2.05, 4.69) is 10.6 Å². The predicted octanol–water partition coefficient (Wildman–Crippen LogP) is 1.89. The molecule has 0 saturated heterocycles. The van der Waals surface area contributed by atoms with E-state index in [0.29, 0.717) is 17.9 Å². The van der Waals surface area contributed by atoms with Crippen molar-refractivity contribution in [2.24, 2.45) is 0 Å². The van der Waals surface area contributed by atoms with Gasteiger partial charge in [-0.15, -0.1) is 0 Å². The maximum atomic E-state index is 12.1. The number of amides is 2. The summed E-state index contributed by atoms with van der Waals surface area (Å²) < 4.78 is 15.7. The van der Waals surface area contributed by atoms with Crippen molar-refractivity contribution in [3.63, 3.8) is 0 Å². The molecule has 0 heterocycles. The van der Waals surface area contributed by atoms with E-state index in [9.17, 15) is 9.59 Å². The molecule has 1 rings (SSSR count). The minimum Gasteiger partial charge on any atom is -0.493 e. The Kier molecular flexibility index (Phi) is 6.88. The van der Waals surface area contributed by atoms with E-state index in [1.165, 1.54) is 14.2 Å². The second kappa shape index (κ2) is 8.42. The van der Waals surface area contributed by atoms with Crippen molar-refractivity contribution in [3.05, 3.63) is 23.8 Å². The van der Waals surface area contributed by atoms with Crippen LogP contribution in [0.1, 0.15) is 26.3 Å². The highest BCUT2D eigenvalue weighted by Crippen LogP contribution is 2.28. The molecule has 1 atom stereocenters. The van der Waals surface area contributed by atoms with Gasteiger partial charge in [-0.3, -0.25) is 4.79 Å². The fraction of sp³-hybridized carbons (Fsp3) is 0.529. The number of likely N-dealkylation sites (N-methyl/N-ethyl adjacent to an activating group) is 1. The molecule has 0 spiro atoms. The normalized spacial score (nSPS) is 12.1. The second-order valence-electron chi connectivity index (χ2n) is 6.21. The van der Waals surface area contributed by atoms with E-state index in [4.69, 9.17) is 14.2 Å². The molecule has 0 aliphatic heterocycles. The molecule has 24 heavy (non-hydrogen) atoms. The summed E-state index contributed by atoms with van der Waals surface area (Å²) in [4.78, 5) is 24.0. The number of hydrogen-bond acceptors (Lipinski definition) is 5. The molecular weight excluding hydrogens is 312 g/mol. The number of benzene rings is 1. The predicted molar refractivity (Wildman–Crippen MR) is 90.5 cm³/mol. The van der Waals surface area contributed by atoms with Gasteiger partial charge >= 0.3 is 6.09 Å². The Hall–Kier alpha value is -2.44. The third kappa shape index (κ3) is 5.98. The van der Waals surface area contributed by atoms with Gasteiger partial charge in [0.05, 0.1) is 14.2 Å². The number of carbonyl (C=O) groups excluding carboxylic acids is 2. The van der Waals surface area contributed by atoms with Crippen LogP contribution < -0.4 is 20.1 Å². The molecular formula is C17H26N2O5. The third-order valence-electron chi connectivity index (χ3n) is 3.14. The van der Waals surface area contributed by atoms with Crippen LogP contribution in [0.4, 0.5) is 4.79 Å². The zero-order valence-electron chi connectivity index (χ0n) is 15.1. The first-order valence-electron chi connectivity index (χ1n) is 7.62. The van der Waals surface area contributed by atoms with Crippen molar-refractivity contribution in [1.82, 2.24) is 10.6 Å². The summed E-state index contributed by atoms with van der Waals surface area (Å²) in [7, 11) is 4.60. The highest BCUT2D eigenvalue weighted by molar-refractivity contribution is 5.85. The summed E-state index contributed by atoms with van der Waals surface area (Å²) in [5, 5.41) is 5.13. The zero-order chi connectivity index (χ0) is 18.3. The molecule has 7 nitrogen and oxygen atoms in total. The summed E-state index contributed by atoms with van der Waals surface area (Å²) >= 11 is 0. The lowest BCUT2D eigenvalue weighted by Crippen LogP contribution is -2.48. The summed E-state index contributed by atoms with van der Waals surface area (Å²) in [6, 6.07) is 4.57. The lowest BCUT2D eigenvalue weighted by molar-refractivity contribution is -0.122. The third-order valence-corrected chi connectivity index (χ3v) is 3.14. The molecule has 0 bridgehead atoms. The van der Waals surface area contributed by atoms with Crippen LogP contribution in [0.15, 0.2) is 18.2 Å². The molecule has 7 heteroatoms. The smallest absolute Gasteiger partial charge is 0.408 e. The maximum Gasteiger partial charge on any atom is 0.408 e. The van der Waals surface area contributed by atoms with Crippen molar-refractivity contribution in [3.8, 4) is 11.5 Å². The van der Waals surface area contributed by atoms with Crippen molar-refractivity contribution in [2.45, 2.75) is 38.8 Å². The number of nitrogens with one attached hydrogen (secondary N) is 2. The molecule has 1 aromatic carbocycles. The van der Waals surface area contributed by atoms with Crippen LogP contribution in [0.3, 0.4) is 0 Å². The molecule has 2 N–H and O–H groups in total. The molecule has 0 aliphatic rings. The van der Waals surface area contributed by atoms with Crippen LogP contribution >= 0.6 is 0 Å². The highest BCUT2D eigenvalue weighted by Gasteiger charge is 2.24. The minimum atomic E-state index is -0.761. The van der Waals surface area contributed by atoms with Gasteiger partial charge in [-0.25, -0.2) is 4.79 Å². The largest absolute Gasteiger partial charge is 0.493 e. The SMILES string of the molecule is CNC(=O)[C@H](Cc1ccc(OC)c(OC)c1)NC(=O)OC(C)(C)C. The fourth-order valence-electron chi connectivity index (χ4n) is 2.08. The molecule has 0 saturated carbocycles. The Morgan fingerprint density at radius 3 is 2.25 bits per heavy atom. The van der Waals surface area contributed by atoms with Gasteiger partial charge in [0.1, 0.15) is 11.6 Å². The molecule has 0 unspecified atom stereocenters. The van der Waals surface area contributed by atoms with Gasteiger partial charge in [-0.1, -0.05) is 6.07 Å². The number of carbonyl (C=O) groups is 2. The number of rotatable bonds is 6. The average molecular weight is 338 g/mol.